The number of nitrogens with zero attached hydrogens (tertiary/aromatic N) is 2. The zero-order valence-corrected chi connectivity index (χ0v) is 13.7. The van der Waals surface area contributed by atoms with E-state index < -0.39 is 17.6 Å². The Morgan fingerprint density at radius 3 is 2.50 bits per heavy atom. The first-order chi connectivity index (χ1) is 12.3. The van der Waals surface area contributed by atoms with E-state index >= 15 is 0 Å². The largest absolute Gasteiger partial charge is 0.417 e. The number of rotatable bonds is 3. The summed E-state index contributed by atoms with van der Waals surface area (Å²) in [6, 6.07) is 10.1. The highest BCUT2D eigenvalue weighted by molar-refractivity contribution is 6.03. The molecule has 0 aliphatic heterocycles. The second-order valence-corrected chi connectivity index (χ2v) is 5.67. The van der Waals surface area contributed by atoms with Gasteiger partial charge in [0.1, 0.15) is 5.82 Å². The van der Waals surface area contributed by atoms with Crippen LogP contribution in [0.15, 0.2) is 61.1 Å². The lowest BCUT2D eigenvalue weighted by Gasteiger charge is -2.14. The van der Waals surface area contributed by atoms with Crippen LogP contribution in [-0.4, -0.2) is 15.9 Å². The third kappa shape index (κ3) is 3.88. The molecule has 0 aliphatic rings. The number of nitrogens with one attached hydrogen (secondary N) is 1. The number of hydrogen-bond acceptors (Lipinski definition) is 3. The minimum atomic E-state index is -4.46. The second kappa shape index (κ2) is 6.95. The fourth-order valence-electron chi connectivity index (χ4n) is 2.46. The molecule has 1 aromatic carbocycles. The van der Waals surface area contributed by atoms with Gasteiger partial charge in [-0.1, -0.05) is 17.7 Å². The van der Waals surface area contributed by atoms with Crippen molar-refractivity contribution in [2.75, 3.05) is 5.32 Å². The molecule has 0 spiro atoms. The molecular formula is C19H14F3N3O. The van der Waals surface area contributed by atoms with Crippen LogP contribution < -0.4 is 5.32 Å². The summed E-state index contributed by atoms with van der Waals surface area (Å²) < 4.78 is 39.7. The minimum absolute atomic E-state index is 0.0511. The quantitative estimate of drug-likeness (QED) is 0.738. The lowest BCUT2D eigenvalue weighted by molar-refractivity contribution is -0.137. The number of carbonyl (C=O) groups excluding carboxylic acids is 1. The fourth-order valence-corrected chi connectivity index (χ4v) is 2.46. The average Bonchev–Trinajstić information content (AvgIpc) is 2.62. The van der Waals surface area contributed by atoms with Crippen molar-refractivity contribution in [2.45, 2.75) is 13.1 Å². The Balaban J connectivity index is 1.87. The third-order valence-electron chi connectivity index (χ3n) is 3.72. The molecule has 0 saturated heterocycles. The molecule has 26 heavy (non-hydrogen) atoms. The number of alkyl halides is 3. The molecule has 2 heterocycles. The monoisotopic (exact) mass is 357 g/mol. The Morgan fingerprint density at radius 1 is 1.08 bits per heavy atom. The number of hydrogen-bond donors (Lipinski definition) is 1. The summed E-state index contributed by atoms with van der Waals surface area (Å²) in [6.07, 6.45) is -0.199. The average molecular weight is 357 g/mol. The molecule has 0 fully saturated rings. The Hall–Kier alpha value is -3.22. The molecule has 0 bridgehead atoms. The first-order valence-electron chi connectivity index (χ1n) is 7.70. The molecule has 1 N–H and O–H groups in total. The zero-order valence-electron chi connectivity index (χ0n) is 13.7. The van der Waals surface area contributed by atoms with Crippen molar-refractivity contribution in [3.63, 3.8) is 0 Å². The van der Waals surface area contributed by atoms with Crippen LogP contribution in [0.4, 0.5) is 19.0 Å². The van der Waals surface area contributed by atoms with Gasteiger partial charge in [-0.05, 0) is 42.8 Å². The Kier molecular flexibility index (Phi) is 4.71. The van der Waals surface area contributed by atoms with E-state index in [1.54, 1.807) is 25.3 Å². The number of pyridine rings is 2. The van der Waals surface area contributed by atoms with E-state index in [0.29, 0.717) is 16.7 Å². The SMILES string of the molecule is Cc1ccc(C(F)(F)F)c(-c2ccc(NC(=O)c3cccnc3)nc2)c1. The van der Waals surface area contributed by atoms with E-state index in [0.717, 1.165) is 6.07 Å². The van der Waals surface area contributed by atoms with Crippen LogP contribution in [-0.2, 0) is 6.18 Å². The lowest BCUT2D eigenvalue weighted by Crippen LogP contribution is -2.13. The summed E-state index contributed by atoms with van der Waals surface area (Å²) in [6.45, 7) is 1.72. The maximum absolute atomic E-state index is 13.2. The van der Waals surface area contributed by atoms with Crippen molar-refractivity contribution in [1.29, 1.82) is 0 Å². The molecule has 1 amide bonds. The highest BCUT2D eigenvalue weighted by Crippen LogP contribution is 2.37. The highest BCUT2D eigenvalue weighted by atomic mass is 19.4. The van der Waals surface area contributed by atoms with E-state index in [9.17, 15) is 18.0 Å². The standard InChI is InChI=1S/C19H14F3N3O/c1-12-4-6-16(19(20,21)22)15(9-12)13-5-7-17(24-11-13)25-18(26)14-3-2-8-23-10-14/h2-11H,1H3,(H,24,25,26). The van der Waals surface area contributed by atoms with Gasteiger partial charge in [0.15, 0.2) is 0 Å². The van der Waals surface area contributed by atoms with Gasteiger partial charge < -0.3 is 5.32 Å². The molecule has 3 aromatic rings. The van der Waals surface area contributed by atoms with Gasteiger partial charge >= 0.3 is 6.18 Å². The zero-order chi connectivity index (χ0) is 18.7. The van der Waals surface area contributed by atoms with E-state index in [2.05, 4.69) is 15.3 Å². The normalized spacial score (nSPS) is 11.2. The fraction of sp³-hybridized carbons (Fsp3) is 0.105. The number of amides is 1. The first kappa shape index (κ1) is 17.6. The molecule has 132 valence electrons. The highest BCUT2D eigenvalue weighted by Gasteiger charge is 2.33. The van der Waals surface area contributed by atoms with Gasteiger partial charge in [0.2, 0.25) is 0 Å². The summed E-state index contributed by atoms with van der Waals surface area (Å²) in [5.74, 6) is -0.159. The summed E-state index contributed by atoms with van der Waals surface area (Å²) in [7, 11) is 0. The van der Waals surface area contributed by atoms with Gasteiger partial charge in [-0.2, -0.15) is 13.2 Å². The van der Waals surface area contributed by atoms with Crippen molar-refractivity contribution in [3.05, 3.63) is 77.7 Å². The van der Waals surface area contributed by atoms with Crippen molar-refractivity contribution < 1.29 is 18.0 Å². The van der Waals surface area contributed by atoms with Crippen molar-refractivity contribution in [3.8, 4) is 11.1 Å². The minimum Gasteiger partial charge on any atom is -0.307 e. The second-order valence-electron chi connectivity index (χ2n) is 5.67. The van der Waals surface area contributed by atoms with E-state index in [4.69, 9.17) is 0 Å². The predicted molar refractivity (Wildman–Crippen MR) is 91.6 cm³/mol. The summed E-state index contributed by atoms with van der Waals surface area (Å²) >= 11 is 0. The lowest BCUT2D eigenvalue weighted by atomic mass is 9.98. The number of halogens is 3. The number of benzene rings is 1. The van der Waals surface area contributed by atoms with Gasteiger partial charge in [0, 0.05) is 24.2 Å². The van der Waals surface area contributed by atoms with Gasteiger partial charge in [-0.3, -0.25) is 9.78 Å². The van der Waals surface area contributed by atoms with Crippen LogP contribution in [0.3, 0.4) is 0 Å². The van der Waals surface area contributed by atoms with Crippen LogP contribution in [0, 0.1) is 6.92 Å². The molecule has 0 radical (unpaired) electrons. The Morgan fingerprint density at radius 2 is 1.88 bits per heavy atom. The van der Waals surface area contributed by atoms with Gasteiger partial charge in [-0.25, -0.2) is 4.98 Å². The van der Waals surface area contributed by atoms with Crippen molar-refractivity contribution in [1.82, 2.24) is 9.97 Å². The Bertz CT molecular complexity index is 923. The number of carbonyl (C=O) groups is 1. The van der Waals surface area contributed by atoms with Crippen molar-refractivity contribution in [2.24, 2.45) is 0 Å². The van der Waals surface area contributed by atoms with Crippen molar-refractivity contribution >= 4 is 11.7 Å². The Labute approximate surface area is 147 Å². The van der Waals surface area contributed by atoms with Crippen LogP contribution in [0.5, 0.6) is 0 Å². The van der Waals surface area contributed by atoms with Crippen LogP contribution in [0.1, 0.15) is 21.5 Å². The third-order valence-corrected chi connectivity index (χ3v) is 3.72. The summed E-state index contributed by atoms with van der Waals surface area (Å²) in [5, 5.41) is 2.58. The molecule has 0 atom stereocenters. The maximum Gasteiger partial charge on any atom is 0.417 e. The van der Waals surface area contributed by atoms with E-state index in [1.807, 2.05) is 0 Å². The van der Waals surface area contributed by atoms with Crippen LogP contribution in [0.2, 0.25) is 0 Å². The van der Waals surface area contributed by atoms with Gasteiger partial charge in [-0.15, -0.1) is 0 Å². The summed E-state index contributed by atoms with van der Waals surface area (Å²) in [4.78, 5) is 20.0. The van der Waals surface area contributed by atoms with Crippen LogP contribution in [0.25, 0.3) is 11.1 Å². The molecule has 0 aliphatic carbocycles. The molecule has 7 heteroatoms. The number of anilines is 1. The van der Waals surface area contributed by atoms with E-state index in [-0.39, 0.29) is 11.4 Å². The van der Waals surface area contributed by atoms with Crippen LogP contribution >= 0.6 is 0 Å². The molecular weight excluding hydrogens is 343 g/mol. The topological polar surface area (TPSA) is 54.9 Å². The van der Waals surface area contributed by atoms with Gasteiger partial charge in [0.25, 0.3) is 5.91 Å². The summed E-state index contributed by atoms with van der Waals surface area (Å²) in [5.41, 5.74) is 0.714. The predicted octanol–water partition coefficient (Wildman–Crippen LogP) is 4.72. The smallest absolute Gasteiger partial charge is 0.307 e. The first-order valence-corrected chi connectivity index (χ1v) is 7.70. The molecule has 4 nitrogen and oxygen atoms in total. The molecule has 3 rings (SSSR count). The molecule has 0 saturated carbocycles. The number of aromatic nitrogens is 2. The molecule has 2 aromatic heterocycles. The van der Waals surface area contributed by atoms with Gasteiger partial charge in [0.05, 0.1) is 11.1 Å². The maximum atomic E-state index is 13.2. The van der Waals surface area contributed by atoms with E-state index in [1.165, 1.54) is 36.7 Å². The molecule has 0 unspecified atom stereocenters. The number of aryl methyl sites for hydroxylation is 1.